The molecule has 7 heteroatoms. The number of ether oxygens (including phenoxy) is 1. The molecule has 142 valence electrons. The van der Waals surface area contributed by atoms with Crippen molar-refractivity contribution in [2.75, 3.05) is 32.7 Å². The molecule has 0 bridgehead atoms. The molecule has 0 heterocycles. The molecule has 0 spiro atoms. The number of sulfone groups is 1. The first kappa shape index (κ1) is 21.3. The van der Waals surface area contributed by atoms with Crippen molar-refractivity contribution in [1.29, 1.82) is 0 Å². The highest BCUT2D eigenvalue weighted by molar-refractivity contribution is 7.90. The molecule has 1 aromatic carbocycles. The second-order valence-corrected chi connectivity index (χ2v) is 9.27. The van der Waals surface area contributed by atoms with Crippen LogP contribution in [-0.2, 0) is 15.3 Å². The van der Waals surface area contributed by atoms with Crippen molar-refractivity contribution < 1.29 is 13.2 Å². The fourth-order valence-electron chi connectivity index (χ4n) is 2.34. The average Bonchev–Trinajstić information content (AvgIpc) is 2.56. The number of benzene rings is 1. The molecule has 6 nitrogen and oxygen atoms in total. The van der Waals surface area contributed by atoms with Gasteiger partial charge in [0.05, 0.1) is 12.9 Å². The predicted octanol–water partition coefficient (Wildman–Crippen LogP) is 1.96. The SMILES string of the molecule is CN=C(NCC(C)(C)c1cccc(OC)c1)NC(C)CCS(C)(=O)=O. The van der Waals surface area contributed by atoms with E-state index in [9.17, 15) is 8.42 Å². The van der Waals surface area contributed by atoms with Gasteiger partial charge in [-0.2, -0.15) is 0 Å². The third-order valence-electron chi connectivity index (χ3n) is 4.08. The maximum absolute atomic E-state index is 11.3. The van der Waals surface area contributed by atoms with E-state index >= 15 is 0 Å². The molecule has 0 saturated carbocycles. The van der Waals surface area contributed by atoms with Crippen LogP contribution in [0.3, 0.4) is 0 Å². The average molecular weight is 370 g/mol. The number of methoxy groups -OCH3 is 1. The number of hydrogen-bond acceptors (Lipinski definition) is 4. The lowest BCUT2D eigenvalue weighted by atomic mass is 9.84. The van der Waals surface area contributed by atoms with Crippen LogP contribution in [0.5, 0.6) is 5.75 Å². The summed E-state index contributed by atoms with van der Waals surface area (Å²) in [5.41, 5.74) is 1.04. The lowest BCUT2D eigenvalue weighted by Gasteiger charge is -2.28. The highest BCUT2D eigenvalue weighted by Crippen LogP contribution is 2.25. The van der Waals surface area contributed by atoms with E-state index in [1.165, 1.54) is 11.8 Å². The summed E-state index contributed by atoms with van der Waals surface area (Å²) in [6.45, 7) is 6.92. The van der Waals surface area contributed by atoms with Crippen molar-refractivity contribution in [2.45, 2.75) is 38.6 Å². The summed E-state index contributed by atoms with van der Waals surface area (Å²) >= 11 is 0. The summed E-state index contributed by atoms with van der Waals surface area (Å²) < 4.78 is 27.8. The first-order valence-electron chi connectivity index (χ1n) is 8.37. The third-order valence-corrected chi connectivity index (χ3v) is 5.05. The molecular weight excluding hydrogens is 338 g/mol. The lowest BCUT2D eigenvalue weighted by molar-refractivity contribution is 0.411. The Bertz CT molecular complexity index is 685. The zero-order valence-corrected chi connectivity index (χ0v) is 16.9. The highest BCUT2D eigenvalue weighted by Gasteiger charge is 2.22. The van der Waals surface area contributed by atoms with E-state index in [2.05, 4.69) is 35.5 Å². The van der Waals surface area contributed by atoms with Gasteiger partial charge in [0.25, 0.3) is 0 Å². The molecule has 1 rings (SSSR count). The second-order valence-electron chi connectivity index (χ2n) is 7.01. The van der Waals surface area contributed by atoms with E-state index in [0.717, 1.165) is 5.75 Å². The van der Waals surface area contributed by atoms with E-state index in [4.69, 9.17) is 4.74 Å². The Hall–Kier alpha value is -1.76. The maximum atomic E-state index is 11.3. The largest absolute Gasteiger partial charge is 0.497 e. The van der Waals surface area contributed by atoms with Crippen LogP contribution in [0.1, 0.15) is 32.8 Å². The molecule has 0 aromatic heterocycles. The normalized spacial score (nSPS) is 14.1. The topological polar surface area (TPSA) is 79.8 Å². The molecule has 0 radical (unpaired) electrons. The monoisotopic (exact) mass is 369 g/mol. The summed E-state index contributed by atoms with van der Waals surface area (Å²) in [6.07, 6.45) is 1.79. The fourth-order valence-corrected chi connectivity index (χ4v) is 3.12. The summed E-state index contributed by atoms with van der Waals surface area (Å²) in [5, 5.41) is 6.56. The summed E-state index contributed by atoms with van der Waals surface area (Å²) in [4.78, 5) is 4.22. The zero-order chi connectivity index (χ0) is 19.1. The smallest absolute Gasteiger partial charge is 0.191 e. The van der Waals surface area contributed by atoms with Crippen molar-refractivity contribution >= 4 is 15.8 Å². The molecule has 0 aliphatic carbocycles. The van der Waals surface area contributed by atoms with Crippen LogP contribution in [0.25, 0.3) is 0 Å². The van der Waals surface area contributed by atoms with E-state index in [0.29, 0.717) is 18.9 Å². The number of nitrogens with zero attached hydrogens (tertiary/aromatic N) is 1. The van der Waals surface area contributed by atoms with Gasteiger partial charge in [-0.3, -0.25) is 4.99 Å². The van der Waals surface area contributed by atoms with E-state index < -0.39 is 9.84 Å². The number of hydrogen-bond donors (Lipinski definition) is 2. The van der Waals surface area contributed by atoms with Gasteiger partial charge in [-0.15, -0.1) is 0 Å². The van der Waals surface area contributed by atoms with E-state index in [1.54, 1.807) is 14.2 Å². The summed E-state index contributed by atoms with van der Waals surface area (Å²) in [7, 11) is 0.414. The van der Waals surface area contributed by atoms with Crippen LogP contribution >= 0.6 is 0 Å². The third kappa shape index (κ3) is 7.77. The minimum absolute atomic E-state index is 0.0147. The number of nitrogens with one attached hydrogen (secondary N) is 2. The Morgan fingerprint density at radius 3 is 2.60 bits per heavy atom. The Labute approximate surface area is 152 Å². The number of aliphatic imine (C=N–C) groups is 1. The predicted molar refractivity (Wildman–Crippen MR) is 104 cm³/mol. The van der Waals surface area contributed by atoms with Crippen LogP contribution in [0.4, 0.5) is 0 Å². The Kier molecular flexibility index (Phi) is 7.73. The van der Waals surface area contributed by atoms with Gasteiger partial charge in [0.15, 0.2) is 5.96 Å². The molecule has 1 atom stereocenters. The Balaban J connectivity index is 2.63. The van der Waals surface area contributed by atoms with Crippen LogP contribution in [-0.4, -0.2) is 53.1 Å². The van der Waals surface area contributed by atoms with Gasteiger partial charge < -0.3 is 15.4 Å². The van der Waals surface area contributed by atoms with E-state index in [-0.39, 0.29) is 17.2 Å². The fraction of sp³-hybridized carbons (Fsp3) is 0.611. The number of guanidine groups is 1. The Morgan fingerprint density at radius 2 is 2.04 bits per heavy atom. The quantitative estimate of drug-likeness (QED) is 0.541. The molecule has 0 fully saturated rings. The first-order valence-corrected chi connectivity index (χ1v) is 10.4. The van der Waals surface area contributed by atoms with Gasteiger partial charge in [-0.05, 0) is 31.0 Å². The van der Waals surface area contributed by atoms with Crippen molar-refractivity contribution in [3.8, 4) is 5.75 Å². The van der Waals surface area contributed by atoms with Gasteiger partial charge in [0, 0.05) is 31.3 Å². The molecule has 0 saturated heterocycles. The van der Waals surface area contributed by atoms with E-state index in [1.807, 2.05) is 25.1 Å². The standard InChI is InChI=1S/C18H31N3O3S/c1-14(10-11-25(6,22)23)21-17(19-4)20-13-18(2,3)15-8-7-9-16(12-15)24-5/h7-9,12,14H,10-11,13H2,1-6H3,(H2,19,20,21). The van der Waals surface area contributed by atoms with Crippen molar-refractivity contribution in [2.24, 2.45) is 4.99 Å². The second kappa shape index (κ2) is 9.08. The molecule has 0 amide bonds. The lowest BCUT2D eigenvalue weighted by Crippen LogP contribution is -2.46. The zero-order valence-electron chi connectivity index (χ0n) is 16.1. The number of rotatable bonds is 8. The minimum atomic E-state index is -2.95. The van der Waals surface area contributed by atoms with Gasteiger partial charge >= 0.3 is 0 Å². The van der Waals surface area contributed by atoms with Crippen molar-refractivity contribution in [3.05, 3.63) is 29.8 Å². The molecule has 2 N–H and O–H groups in total. The van der Waals surface area contributed by atoms with Crippen molar-refractivity contribution in [3.63, 3.8) is 0 Å². The maximum Gasteiger partial charge on any atom is 0.191 e. The molecular formula is C18H31N3O3S. The molecule has 0 aliphatic heterocycles. The molecule has 1 aromatic rings. The van der Waals surface area contributed by atoms with Gasteiger partial charge in [-0.1, -0.05) is 26.0 Å². The van der Waals surface area contributed by atoms with Gasteiger partial charge in [0.2, 0.25) is 0 Å². The van der Waals surface area contributed by atoms with Gasteiger partial charge in [0.1, 0.15) is 15.6 Å². The summed E-state index contributed by atoms with van der Waals surface area (Å²) in [6, 6.07) is 8.04. The molecule has 25 heavy (non-hydrogen) atoms. The van der Waals surface area contributed by atoms with Gasteiger partial charge in [-0.25, -0.2) is 8.42 Å². The highest BCUT2D eigenvalue weighted by atomic mass is 32.2. The van der Waals surface area contributed by atoms with Crippen molar-refractivity contribution in [1.82, 2.24) is 10.6 Å². The summed E-state index contributed by atoms with van der Waals surface area (Å²) in [5.74, 6) is 1.66. The van der Waals surface area contributed by atoms with Crippen LogP contribution in [0.15, 0.2) is 29.3 Å². The van der Waals surface area contributed by atoms with Crippen LogP contribution in [0, 0.1) is 0 Å². The molecule has 0 aliphatic rings. The minimum Gasteiger partial charge on any atom is -0.497 e. The van der Waals surface area contributed by atoms with Crippen LogP contribution < -0.4 is 15.4 Å². The first-order chi connectivity index (χ1) is 11.6. The molecule has 1 unspecified atom stereocenters. The van der Waals surface area contributed by atoms with Crippen LogP contribution in [0.2, 0.25) is 0 Å². The Morgan fingerprint density at radius 1 is 1.36 bits per heavy atom.